The fraction of sp³-hybridized carbons (Fsp3) is 0.667. The molecule has 0 spiro atoms. The number of nitrogens with one attached hydrogen (secondary N) is 1. The van der Waals surface area contributed by atoms with E-state index in [0.29, 0.717) is 0 Å². The molecule has 1 atom stereocenters. The Bertz CT molecular complexity index is 514. The van der Waals surface area contributed by atoms with Gasteiger partial charge in [0.2, 0.25) is 11.9 Å². The Morgan fingerprint density at radius 3 is 3.00 bits per heavy atom. The van der Waals surface area contributed by atoms with Gasteiger partial charge >= 0.3 is 0 Å². The quantitative estimate of drug-likeness (QED) is 0.659. The number of fused-ring (bicyclic) bond motifs is 1. The molecule has 1 N–H and O–H groups in total. The van der Waals surface area contributed by atoms with Crippen molar-refractivity contribution < 1.29 is 4.74 Å². The minimum Gasteiger partial charge on any atom is -0.378 e. The van der Waals surface area contributed by atoms with Crippen LogP contribution >= 0.6 is 23.4 Å². The van der Waals surface area contributed by atoms with Gasteiger partial charge in [0.15, 0.2) is 0 Å². The summed E-state index contributed by atoms with van der Waals surface area (Å²) >= 11 is 8.24. The highest BCUT2D eigenvalue weighted by atomic mass is 35.5. The van der Waals surface area contributed by atoms with Gasteiger partial charge in [-0.3, -0.25) is 5.43 Å². The number of hydrazine groups is 1. The van der Waals surface area contributed by atoms with Crippen LogP contribution in [0.15, 0.2) is 21.3 Å². The van der Waals surface area contributed by atoms with E-state index in [0.717, 1.165) is 62.0 Å². The van der Waals surface area contributed by atoms with Crippen LogP contribution in [0.3, 0.4) is 0 Å². The SMILES string of the molecule is ClC1CSCC2=C1N=C1N=C(N3CCOCC3)NN1C2. The number of hydrogen-bond donors (Lipinski definition) is 1. The van der Waals surface area contributed by atoms with Gasteiger partial charge in [0.05, 0.1) is 30.8 Å². The second-order valence-electron chi connectivity index (χ2n) is 5.12. The monoisotopic (exact) mass is 313 g/mol. The summed E-state index contributed by atoms with van der Waals surface area (Å²) in [7, 11) is 0. The lowest BCUT2D eigenvalue weighted by Crippen LogP contribution is -2.50. The van der Waals surface area contributed by atoms with Gasteiger partial charge in [0.1, 0.15) is 0 Å². The minimum atomic E-state index is 0.0148. The number of thioether (sulfide) groups is 1. The lowest BCUT2D eigenvalue weighted by atomic mass is 10.1. The van der Waals surface area contributed by atoms with Crippen molar-refractivity contribution in [1.29, 1.82) is 0 Å². The molecule has 1 unspecified atom stereocenters. The van der Waals surface area contributed by atoms with Crippen LogP contribution in [-0.2, 0) is 4.74 Å². The predicted molar refractivity (Wildman–Crippen MR) is 81.1 cm³/mol. The summed E-state index contributed by atoms with van der Waals surface area (Å²) in [6.45, 7) is 4.06. The number of ether oxygens (including phenoxy) is 1. The first kappa shape index (κ1) is 12.8. The van der Waals surface area contributed by atoms with Crippen molar-refractivity contribution in [3.8, 4) is 0 Å². The van der Waals surface area contributed by atoms with Crippen LogP contribution in [0.5, 0.6) is 0 Å². The molecule has 0 amide bonds. The van der Waals surface area contributed by atoms with E-state index < -0.39 is 0 Å². The fourth-order valence-electron chi connectivity index (χ4n) is 2.70. The van der Waals surface area contributed by atoms with Crippen LogP contribution in [0.25, 0.3) is 0 Å². The Hall–Kier alpha value is -0.920. The Kier molecular flexibility index (Phi) is 3.28. The fourth-order valence-corrected chi connectivity index (χ4v) is 4.14. The molecule has 4 aliphatic rings. The van der Waals surface area contributed by atoms with Gasteiger partial charge in [0, 0.05) is 24.6 Å². The van der Waals surface area contributed by atoms with Crippen molar-refractivity contribution >= 4 is 35.3 Å². The van der Waals surface area contributed by atoms with Gasteiger partial charge in [-0.05, 0) is 5.57 Å². The number of halogens is 1. The summed E-state index contributed by atoms with van der Waals surface area (Å²) < 4.78 is 5.37. The number of morpholine rings is 1. The maximum Gasteiger partial charge on any atom is 0.248 e. The number of aliphatic imine (C=N–C) groups is 2. The van der Waals surface area contributed by atoms with E-state index in [9.17, 15) is 0 Å². The summed E-state index contributed by atoms with van der Waals surface area (Å²) in [5.74, 6) is 3.57. The first-order chi connectivity index (χ1) is 9.81. The van der Waals surface area contributed by atoms with Crippen molar-refractivity contribution in [2.45, 2.75) is 5.38 Å². The Morgan fingerprint density at radius 2 is 2.15 bits per heavy atom. The molecule has 0 bridgehead atoms. The summed E-state index contributed by atoms with van der Waals surface area (Å²) in [5.41, 5.74) is 5.70. The predicted octanol–water partition coefficient (Wildman–Crippen LogP) is 0.473. The zero-order valence-corrected chi connectivity index (χ0v) is 12.6. The third-order valence-electron chi connectivity index (χ3n) is 3.76. The summed E-state index contributed by atoms with van der Waals surface area (Å²) in [5, 5.41) is 2.03. The van der Waals surface area contributed by atoms with Crippen molar-refractivity contribution in [3.63, 3.8) is 0 Å². The van der Waals surface area contributed by atoms with Crippen molar-refractivity contribution in [1.82, 2.24) is 15.3 Å². The smallest absolute Gasteiger partial charge is 0.248 e. The molecule has 4 rings (SSSR count). The lowest BCUT2D eigenvalue weighted by molar-refractivity contribution is 0.0657. The van der Waals surface area contributed by atoms with E-state index in [-0.39, 0.29) is 5.38 Å². The van der Waals surface area contributed by atoms with Gasteiger partial charge in [-0.2, -0.15) is 16.8 Å². The number of allylic oxidation sites excluding steroid dienone is 1. The molecular weight excluding hydrogens is 298 g/mol. The number of hydrogen-bond acceptors (Lipinski definition) is 7. The van der Waals surface area contributed by atoms with Crippen LogP contribution in [0.4, 0.5) is 0 Å². The molecule has 6 nitrogen and oxygen atoms in total. The van der Waals surface area contributed by atoms with E-state index in [2.05, 4.69) is 20.3 Å². The molecule has 4 aliphatic heterocycles. The average Bonchev–Trinajstić information content (AvgIpc) is 2.90. The molecule has 0 radical (unpaired) electrons. The number of nitrogens with zero attached hydrogens (tertiary/aromatic N) is 4. The zero-order chi connectivity index (χ0) is 13.5. The first-order valence-corrected chi connectivity index (χ1v) is 8.38. The van der Waals surface area contributed by atoms with Crippen molar-refractivity contribution in [2.75, 3.05) is 44.4 Å². The zero-order valence-electron chi connectivity index (χ0n) is 11.0. The maximum atomic E-state index is 6.37. The molecule has 0 aromatic heterocycles. The van der Waals surface area contributed by atoms with E-state index in [1.807, 2.05) is 16.8 Å². The van der Waals surface area contributed by atoms with E-state index >= 15 is 0 Å². The van der Waals surface area contributed by atoms with E-state index in [1.165, 1.54) is 5.57 Å². The Balaban J connectivity index is 1.58. The molecule has 0 aromatic rings. The normalized spacial score (nSPS) is 29.6. The largest absolute Gasteiger partial charge is 0.378 e. The molecule has 8 heteroatoms. The van der Waals surface area contributed by atoms with Crippen LogP contribution in [-0.4, -0.2) is 71.6 Å². The molecule has 108 valence electrons. The average molecular weight is 314 g/mol. The molecule has 1 saturated heterocycles. The first-order valence-electron chi connectivity index (χ1n) is 6.79. The Morgan fingerprint density at radius 1 is 1.30 bits per heavy atom. The van der Waals surface area contributed by atoms with Crippen LogP contribution < -0.4 is 5.43 Å². The molecule has 1 fully saturated rings. The molecule has 0 aromatic carbocycles. The van der Waals surface area contributed by atoms with Crippen molar-refractivity contribution in [2.24, 2.45) is 9.98 Å². The second-order valence-corrected chi connectivity index (χ2v) is 6.67. The van der Waals surface area contributed by atoms with Gasteiger partial charge in [-0.25, -0.2) is 10.0 Å². The number of rotatable bonds is 0. The highest BCUT2D eigenvalue weighted by Gasteiger charge is 2.33. The van der Waals surface area contributed by atoms with E-state index in [4.69, 9.17) is 16.3 Å². The van der Waals surface area contributed by atoms with E-state index in [1.54, 1.807) is 0 Å². The summed E-state index contributed by atoms with van der Waals surface area (Å²) in [6, 6.07) is 0. The number of guanidine groups is 2. The standard InChI is InChI=1S/C12H16ClN5OS/c13-9-7-20-6-8-5-18-11(14-10(8)9)15-12(16-18)17-1-3-19-4-2-17/h9H,1-7H2,(H,14,15,16). The van der Waals surface area contributed by atoms with Gasteiger partial charge in [0.25, 0.3) is 0 Å². The van der Waals surface area contributed by atoms with Crippen LogP contribution in [0, 0.1) is 0 Å². The minimum absolute atomic E-state index is 0.0148. The third kappa shape index (κ3) is 2.17. The highest BCUT2D eigenvalue weighted by Crippen LogP contribution is 2.32. The number of alkyl halides is 1. The molecule has 20 heavy (non-hydrogen) atoms. The highest BCUT2D eigenvalue weighted by molar-refractivity contribution is 7.99. The van der Waals surface area contributed by atoms with Crippen LogP contribution in [0.2, 0.25) is 0 Å². The van der Waals surface area contributed by atoms with Gasteiger partial charge < -0.3 is 9.64 Å². The topological polar surface area (TPSA) is 52.5 Å². The summed E-state index contributed by atoms with van der Waals surface area (Å²) in [6.07, 6.45) is 0. The van der Waals surface area contributed by atoms with Gasteiger partial charge in [-0.1, -0.05) is 0 Å². The lowest BCUT2D eigenvalue weighted by Gasteiger charge is -2.32. The molecule has 0 aliphatic carbocycles. The van der Waals surface area contributed by atoms with Crippen molar-refractivity contribution in [3.05, 3.63) is 11.3 Å². The molecule has 4 heterocycles. The van der Waals surface area contributed by atoms with Gasteiger partial charge in [-0.15, -0.1) is 11.6 Å². The maximum absolute atomic E-state index is 6.37. The van der Waals surface area contributed by atoms with Crippen LogP contribution in [0.1, 0.15) is 0 Å². The third-order valence-corrected chi connectivity index (χ3v) is 5.43. The second kappa shape index (κ2) is 5.13. The molecular formula is C12H16ClN5OS. The molecule has 0 saturated carbocycles. The summed E-state index contributed by atoms with van der Waals surface area (Å²) in [4.78, 5) is 11.5. The Labute approximate surface area is 126 Å².